The Morgan fingerprint density at radius 1 is 1.58 bits per heavy atom. The maximum atomic E-state index is 13.7. The number of carboxylic acids is 1. The van der Waals surface area contributed by atoms with Crippen LogP contribution in [0.2, 0.25) is 0 Å². The summed E-state index contributed by atoms with van der Waals surface area (Å²) in [7, 11) is 1.66. The lowest BCUT2D eigenvalue weighted by atomic mass is 9.97. The number of methoxy groups -OCH3 is 1. The highest BCUT2D eigenvalue weighted by atomic mass is 19.1. The summed E-state index contributed by atoms with van der Waals surface area (Å²) >= 11 is 0. The Bertz CT molecular complexity index is 462. The fraction of sp³-hybridized carbons (Fsp3) is 0.500. The summed E-state index contributed by atoms with van der Waals surface area (Å²) in [6.07, 6.45) is 2.02. The Morgan fingerprint density at radius 2 is 2.37 bits per heavy atom. The second-order valence-corrected chi connectivity index (χ2v) is 4.85. The molecule has 2 rings (SSSR count). The van der Waals surface area contributed by atoms with Crippen LogP contribution in [0.5, 0.6) is 0 Å². The molecule has 0 aromatic heterocycles. The number of halogens is 1. The van der Waals surface area contributed by atoms with Crippen molar-refractivity contribution >= 4 is 11.7 Å². The summed E-state index contributed by atoms with van der Waals surface area (Å²) < 4.78 is 18.8. The third-order valence-corrected chi connectivity index (χ3v) is 3.47. The molecule has 1 atom stereocenters. The maximum Gasteiger partial charge on any atom is 0.340 e. The summed E-state index contributed by atoms with van der Waals surface area (Å²) in [5, 5.41) is 9.16. The Kier molecular flexibility index (Phi) is 4.37. The van der Waals surface area contributed by atoms with Crippen molar-refractivity contribution in [1.82, 2.24) is 0 Å². The molecular weight excluding hydrogens is 249 g/mol. The van der Waals surface area contributed by atoms with Crippen molar-refractivity contribution in [3.05, 3.63) is 29.6 Å². The van der Waals surface area contributed by atoms with Gasteiger partial charge in [0.05, 0.1) is 12.3 Å². The lowest BCUT2D eigenvalue weighted by molar-refractivity contribution is 0.0692. The van der Waals surface area contributed by atoms with E-state index in [-0.39, 0.29) is 5.56 Å². The third-order valence-electron chi connectivity index (χ3n) is 3.47. The number of aromatic carboxylic acids is 1. The molecule has 0 amide bonds. The monoisotopic (exact) mass is 267 g/mol. The highest BCUT2D eigenvalue weighted by Gasteiger charge is 2.25. The van der Waals surface area contributed by atoms with E-state index in [4.69, 9.17) is 9.84 Å². The van der Waals surface area contributed by atoms with E-state index in [2.05, 4.69) is 0 Å². The standard InChI is InChI=1S/C14H18FNO3/c1-19-9-10-4-3-7-16(8-10)12-6-2-5-11(15)13(12)14(17)18/h2,5-6,10H,3-4,7-9H2,1H3,(H,17,18). The van der Waals surface area contributed by atoms with Crippen LogP contribution in [0.15, 0.2) is 18.2 Å². The largest absolute Gasteiger partial charge is 0.478 e. The Labute approximate surface area is 111 Å². The molecule has 1 fully saturated rings. The molecule has 1 aromatic carbocycles. The van der Waals surface area contributed by atoms with Gasteiger partial charge in [-0.05, 0) is 30.9 Å². The number of benzene rings is 1. The van der Waals surface area contributed by atoms with Crippen LogP contribution in [0.1, 0.15) is 23.2 Å². The average molecular weight is 267 g/mol. The van der Waals surface area contributed by atoms with Gasteiger partial charge < -0.3 is 14.7 Å². The Morgan fingerprint density at radius 3 is 3.05 bits per heavy atom. The van der Waals surface area contributed by atoms with Crippen molar-refractivity contribution in [3.63, 3.8) is 0 Å². The molecule has 1 aromatic rings. The molecule has 1 N–H and O–H groups in total. The van der Waals surface area contributed by atoms with Gasteiger partial charge >= 0.3 is 5.97 Å². The average Bonchev–Trinajstić information content (AvgIpc) is 2.38. The second-order valence-electron chi connectivity index (χ2n) is 4.85. The zero-order chi connectivity index (χ0) is 13.8. The Balaban J connectivity index is 2.26. The molecule has 0 aliphatic carbocycles. The van der Waals surface area contributed by atoms with E-state index in [1.165, 1.54) is 6.07 Å². The number of carboxylic acid groups (broad SMARTS) is 1. The first-order valence-corrected chi connectivity index (χ1v) is 6.39. The topological polar surface area (TPSA) is 49.8 Å². The minimum Gasteiger partial charge on any atom is -0.478 e. The van der Waals surface area contributed by atoms with Gasteiger partial charge in [-0.3, -0.25) is 0 Å². The minimum absolute atomic E-state index is 0.236. The van der Waals surface area contributed by atoms with Crippen LogP contribution < -0.4 is 4.90 Å². The molecule has 1 saturated heterocycles. The van der Waals surface area contributed by atoms with Gasteiger partial charge in [-0.25, -0.2) is 9.18 Å². The van der Waals surface area contributed by atoms with Gasteiger partial charge in [0.25, 0.3) is 0 Å². The number of ether oxygens (including phenoxy) is 1. The van der Waals surface area contributed by atoms with Gasteiger partial charge in [0, 0.05) is 20.2 Å². The molecule has 5 heteroatoms. The smallest absolute Gasteiger partial charge is 0.340 e. The van der Waals surface area contributed by atoms with E-state index in [1.807, 2.05) is 4.90 Å². The molecule has 0 radical (unpaired) electrons. The van der Waals surface area contributed by atoms with Gasteiger partial charge in [0.2, 0.25) is 0 Å². The molecule has 4 nitrogen and oxygen atoms in total. The predicted molar refractivity (Wildman–Crippen MR) is 70.2 cm³/mol. The molecule has 104 valence electrons. The second kappa shape index (κ2) is 6.02. The first-order chi connectivity index (χ1) is 9.13. The molecule has 19 heavy (non-hydrogen) atoms. The Hall–Kier alpha value is -1.62. The first-order valence-electron chi connectivity index (χ1n) is 6.39. The number of nitrogens with zero attached hydrogens (tertiary/aromatic N) is 1. The van der Waals surface area contributed by atoms with Crippen LogP contribution >= 0.6 is 0 Å². The summed E-state index contributed by atoms with van der Waals surface area (Å²) in [5.41, 5.74) is 0.230. The number of carbonyl (C=O) groups is 1. The molecule has 1 heterocycles. The van der Waals surface area contributed by atoms with Gasteiger partial charge in [0.15, 0.2) is 0 Å². The zero-order valence-corrected chi connectivity index (χ0v) is 10.9. The molecule has 0 saturated carbocycles. The number of piperidine rings is 1. The van der Waals surface area contributed by atoms with Crippen molar-refractivity contribution in [1.29, 1.82) is 0 Å². The van der Waals surface area contributed by atoms with Crippen LogP contribution in [0.25, 0.3) is 0 Å². The van der Waals surface area contributed by atoms with E-state index in [0.29, 0.717) is 24.8 Å². The fourth-order valence-corrected chi connectivity index (χ4v) is 2.64. The van der Waals surface area contributed by atoms with Gasteiger partial charge in [0.1, 0.15) is 11.4 Å². The van der Waals surface area contributed by atoms with Crippen LogP contribution in [-0.4, -0.2) is 37.9 Å². The van der Waals surface area contributed by atoms with Crippen LogP contribution in [0, 0.1) is 11.7 Å². The summed E-state index contributed by atoms with van der Waals surface area (Å²) in [4.78, 5) is 13.1. The van der Waals surface area contributed by atoms with Crippen LogP contribution in [0.3, 0.4) is 0 Å². The minimum atomic E-state index is -1.22. The number of hydrogen-bond acceptors (Lipinski definition) is 3. The lowest BCUT2D eigenvalue weighted by Crippen LogP contribution is -2.38. The number of hydrogen-bond donors (Lipinski definition) is 1. The van der Waals surface area contributed by atoms with Crippen LogP contribution in [0.4, 0.5) is 10.1 Å². The highest BCUT2D eigenvalue weighted by Crippen LogP contribution is 2.28. The number of anilines is 1. The van der Waals surface area contributed by atoms with E-state index < -0.39 is 11.8 Å². The quantitative estimate of drug-likeness (QED) is 0.910. The van der Waals surface area contributed by atoms with Gasteiger partial charge in [-0.15, -0.1) is 0 Å². The summed E-state index contributed by atoms with van der Waals surface area (Å²) in [6, 6.07) is 4.41. The van der Waals surface area contributed by atoms with E-state index in [0.717, 1.165) is 19.4 Å². The van der Waals surface area contributed by atoms with Gasteiger partial charge in [-0.1, -0.05) is 6.07 Å². The van der Waals surface area contributed by atoms with Crippen molar-refractivity contribution in [2.24, 2.45) is 5.92 Å². The summed E-state index contributed by atoms with van der Waals surface area (Å²) in [6.45, 7) is 2.11. The van der Waals surface area contributed by atoms with Gasteiger partial charge in [-0.2, -0.15) is 0 Å². The molecular formula is C14H18FNO3. The maximum absolute atomic E-state index is 13.7. The number of rotatable bonds is 4. The molecule has 1 unspecified atom stereocenters. The molecule has 1 aliphatic rings. The van der Waals surface area contributed by atoms with Crippen molar-refractivity contribution in [3.8, 4) is 0 Å². The predicted octanol–water partition coefficient (Wildman–Crippen LogP) is 2.39. The molecule has 0 spiro atoms. The third kappa shape index (κ3) is 3.04. The van der Waals surface area contributed by atoms with E-state index in [1.54, 1.807) is 19.2 Å². The normalized spacial score (nSPS) is 19.5. The lowest BCUT2D eigenvalue weighted by Gasteiger charge is -2.34. The van der Waals surface area contributed by atoms with E-state index >= 15 is 0 Å². The zero-order valence-electron chi connectivity index (χ0n) is 10.9. The van der Waals surface area contributed by atoms with Crippen molar-refractivity contribution < 1.29 is 19.0 Å². The molecule has 0 bridgehead atoms. The summed E-state index contributed by atoms with van der Waals surface area (Å²) in [5.74, 6) is -1.54. The highest BCUT2D eigenvalue weighted by molar-refractivity contribution is 5.94. The van der Waals surface area contributed by atoms with E-state index in [9.17, 15) is 9.18 Å². The SMILES string of the molecule is COCC1CCCN(c2cccc(F)c2C(=O)O)C1. The van der Waals surface area contributed by atoms with Crippen LogP contribution in [-0.2, 0) is 4.74 Å². The van der Waals surface area contributed by atoms with Crippen molar-refractivity contribution in [2.75, 3.05) is 31.7 Å². The first kappa shape index (κ1) is 13.8. The fourth-order valence-electron chi connectivity index (χ4n) is 2.64. The van der Waals surface area contributed by atoms with Crippen molar-refractivity contribution in [2.45, 2.75) is 12.8 Å². The molecule has 1 aliphatic heterocycles.